The van der Waals surface area contributed by atoms with E-state index in [0.29, 0.717) is 0 Å². The lowest BCUT2D eigenvalue weighted by Crippen LogP contribution is -2.68. The summed E-state index contributed by atoms with van der Waals surface area (Å²) in [7, 11) is 1.64. The molecule has 1 aliphatic carbocycles. The number of para-hydroxylation sites is 1. The van der Waals surface area contributed by atoms with Crippen molar-refractivity contribution in [1.82, 2.24) is 0 Å². The zero-order chi connectivity index (χ0) is 23.3. The second-order valence-corrected chi connectivity index (χ2v) is 9.23. The highest BCUT2D eigenvalue weighted by atomic mass is 16.5. The first-order chi connectivity index (χ1) is 16.6. The highest BCUT2D eigenvalue weighted by Gasteiger charge is 2.73. The minimum atomic E-state index is -0.847. The minimum absolute atomic E-state index is 0.00502. The maximum Gasteiger partial charge on any atom is 0.239 e. The summed E-state index contributed by atoms with van der Waals surface area (Å²) in [5, 5.41) is 0. The number of carbonyl (C=O) groups excluding carboxylic acids is 2. The van der Waals surface area contributed by atoms with E-state index in [-0.39, 0.29) is 36.7 Å². The number of hydrogen-bond donors (Lipinski definition) is 0. The van der Waals surface area contributed by atoms with Gasteiger partial charge in [0.1, 0.15) is 16.8 Å². The van der Waals surface area contributed by atoms with E-state index < -0.39 is 11.0 Å². The first-order valence-corrected chi connectivity index (χ1v) is 11.5. The van der Waals surface area contributed by atoms with E-state index >= 15 is 0 Å². The fourth-order valence-corrected chi connectivity index (χ4v) is 6.08. The summed E-state index contributed by atoms with van der Waals surface area (Å²) in [6.45, 7) is 0.253. The van der Waals surface area contributed by atoms with Crippen LogP contribution in [0.3, 0.4) is 0 Å². The number of β-lactam (4-membered cyclic amide) rings is 1. The molecule has 6 rings (SSSR count). The monoisotopic (exact) mass is 451 g/mol. The van der Waals surface area contributed by atoms with E-state index in [4.69, 9.17) is 9.47 Å². The van der Waals surface area contributed by atoms with Crippen LogP contribution in [0.1, 0.15) is 23.6 Å². The number of benzene rings is 3. The Bertz CT molecular complexity index is 1270. The van der Waals surface area contributed by atoms with Gasteiger partial charge in [-0.25, -0.2) is 0 Å². The number of nitrogens with zero attached hydrogens (tertiary/aromatic N) is 1. The molecule has 2 aliphatic heterocycles. The van der Waals surface area contributed by atoms with Crippen molar-refractivity contribution in [3.8, 4) is 5.75 Å². The molecule has 0 bridgehead atoms. The molecule has 2 fully saturated rings. The largest absolute Gasteiger partial charge is 0.497 e. The molecule has 0 radical (unpaired) electrons. The van der Waals surface area contributed by atoms with Gasteiger partial charge in [-0.15, -0.1) is 0 Å². The Hall–Kier alpha value is -3.70. The van der Waals surface area contributed by atoms with Crippen molar-refractivity contribution in [2.45, 2.75) is 18.1 Å². The molecule has 3 aromatic rings. The molecule has 5 heteroatoms. The first-order valence-electron chi connectivity index (χ1n) is 11.5. The molecule has 0 N–H and O–H groups in total. The van der Waals surface area contributed by atoms with Crippen LogP contribution >= 0.6 is 0 Å². The van der Waals surface area contributed by atoms with Gasteiger partial charge in [-0.2, -0.15) is 0 Å². The van der Waals surface area contributed by atoms with Gasteiger partial charge in [0.15, 0.2) is 5.78 Å². The third-order valence-electron chi connectivity index (χ3n) is 7.67. The Morgan fingerprint density at radius 2 is 1.59 bits per heavy atom. The number of fused-ring (bicyclic) bond motifs is 2. The molecule has 4 atom stereocenters. The minimum Gasteiger partial charge on any atom is -0.497 e. The number of carbonyl (C=O) groups is 2. The normalized spacial score (nSPS) is 29.7. The van der Waals surface area contributed by atoms with E-state index in [1.54, 1.807) is 13.2 Å². The van der Waals surface area contributed by atoms with Crippen molar-refractivity contribution < 1.29 is 19.1 Å². The van der Waals surface area contributed by atoms with Crippen LogP contribution in [0.5, 0.6) is 5.75 Å². The summed E-state index contributed by atoms with van der Waals surface area (Å²) in [4.78, 5) is 28.7. The molecule has 1 spiro atoms. The number of hydrogen-bond acceptors (Lipinski definition) is 4. The van der Waals surface area contributed by atoms with E-state index in [1.165, 1.54) is 0 Å². The van der Waals surface area contributed by atoms with Gasteiger partial charge in [-0.05, 0) is 47.5 Å². The summed E-state index contributed by atoms with van der Waals surface area (Å²) in [5.41, 5.74) is 1.16. The van der Waals surface area contributed by atoms with Gasteiger partial charge in [0.25, 0.3) is 0 Å². The van der Waals surface area contributed by atoms with Gasteiger partial charge in [0.2, 0.25) is 5.91 Å². The van der Waals surface area contributed by atoms with Crippen molar-refractivity contribution in [2.75, 3.05) is 18.6 Å². The molecule has 170 valence electrons. The number of methoxy groups -OCH3 is 1. The Morgan fingerprint density at radius 3 is 2.26 bits per heavy atom. The Morgan fingerprint density at radius 1 is 0.912 bits per heavy atom. The smallest absolute Gasteiger partial charge is 0.239 e. The predicted molar refractivity (Wildman–Crippen MR) is 128 cm³/mol. The SMILES string of the molecule is COc1ccc([C@H]2N(c3ccccc3)C(=O)[C@@]23CO[C@@]2(c4ccccc4)C=CC(=O)C[C@@H]32)cc1. The molecule has 3 aromatic carbocycles. The average Bonchev–Trinajstić information content (AvgIpc) is 3.25. The van der Waals surface area contributed by atoms with Crippen molar-refractivity contribution in [2.24, 2.45) is 11.3 Å². The van der Waals surface area contributed by atoms with Crippen LogP contribution in [-0.2, 0) is 19.9 Å². The lowest BCUT2D eigenvalue weighted by atomic mass is 9.55. The number of allylic oxidation sites excluding steroid dienone is 1. The molecule has 5 nitrogen and oxygen atoms in total. The second-order valence-electron chi connectivity index (χ2n) is 9.23. The lowest BCUT2D eigenvalue weighted by molar-refractivity contribution is -0.144. The molecule has 34 heavy (non-hydrogen) atoms. The molecule has 0 saturated carbocycles. The van der Waals surface area contributed by atoms with Gasteiger partial charge in [0, 0.05) is 18.0 Å². The molecule has 0 aromatic heterocycles. The highest BCUT2D eigenvalue weighted by Crippen LogP contribution is 2.66. The molecule has 3 aliphatic rings. The molecular weight excluding hydrogens is 426 g/mol. The zero-order valence-corrected chi connectivity index (χ0v) is 18.9. The summed E-state index contributed by atoms with van der Waals surface area (Å²) in [6.07, 6.45) is 3.76. The number of ether oxygens (including phenoxy) is 2. The number of amides is 1. The molecule has 0 unspecified atom stereocenters. The third-order valence-corrected chi connectivity index (χ3v) is 7.67. The summed E-state index contributed by atoms with van der Waals surface area (Å²) < 4.78 is 11.9. The van der Waals surface area contributed by atoms with E-state index in [1.807, 2.05) is 95.9 Å². The summed E-state index contributed by atoms with van der Waals surface area (Å²) >= 11 is 0. The summed E-state index contributed by atoms with van der Waals surface area (Å²) in [5.74, 6) is 0.484. The fraction of sp³-hybridized carbons (Fsp3) is 0.241. The van der Waals surface area contributed by atoms with Gasteiger partial charge in [-0.3, -0.25) is 9.59 Å². The highest BCUT2D eigenvalue weighted by molar-refractivity contribution is 6.08. The van der Waals surface area contributed by atoms with E-state index in [0.717, 1.165) is 22.6 Å². The van der Waals surface area contributed by atoms with Crippen molar-refractivity contribution >= 4 is 17.4 Å². The van der Waals surface area contributed by atoms with Crippen LogP contribution in [0.25, 0.3) is 0 Å². The predicted octanol–water partition coefficient (Wildman–Crippen LogP) is 4.84. The van der Waals surface area contributed by atoms with Gasteiger partial charge >= 0.3 is 0 Å². The first kappa shape index (κ1) is 20.9. The number of anilines is 1. The van der Waals surface area contributed by atoms with Crippen LogP contribution in [-0.4, -0.2) is 25.4 Å². The van der Waals surface area contributed by atoms with Gasteiger partial charge in [-0.1, -0.05) is 60.7 Å². The molecule has 2 saturated heterocycles. The van der Waals surface area contributed by atoms with E-state index in [2.05, 4.69) is 0 Å². The average molecular weight is 452 g/mol. The molecular formula is C29H25NO4. The number of ketones is 1. The Balaban J connectivity index is 1.52. The van der Waals surface area contributed by atoms with Crippen molar-refractivity contribution in [3.63, 3.8) is 0 Å². The quantitative estimate of drug-likeness (QED) is 0.533. The van der Waals surface area contributed by atoms with Crippen molar-refractivity contribution in [1.29, 1.82) is 0 Å². The lowest BCUT2D eigenvalue weighted by Gasteiger charge is -2.57. The van der Waals surface area contributed by atoms with Crippen LogP contribution in [0.2, 0.25) is 0 Å². The standard InChI is InChI=1S/C29H25NO4/c1-33-24-14-12-20(13-15-24)26-28(27(32)30(26)22-10-6-3-7-11-22)19-34-29(21-8-4-2-5-9-21)17-16-23(31)18-25(28)29/h2-17,25-26H,18-19H2,1H3/t25-,26+,28+,29+/m0/s1. The second kappa shape index (κ2) is 7.67. The maximum atomic E-state index is 14.1. The van der Waals surface area contributed by atoms with Crippen molar-refractivity contribution in [3.05, 3.63) is 108 Å². The number of rotatable bonds is 4. The van der Waals surface area contributed by atoms with Gasteiger partial charge < -0.3 is 14.4 Å². The summed E-state index contributed by atoms with van der Waals surface area (Å²) in [6, 6.07) is 27.3. The maximum absolute atomic E-state index is 14.1. The van der Waals surface area contributed by atoms with Gasteiger partial charge in [0.05, 0.1) is 19.8 Å². The Kier molecular flexibility index (Phi) is 4.71. The third kappa shape index (κ3) is 2.77. The van der Waals surface area contributed by atoms with Crippen LogP contribution in [0.4, 0.5) is 5.69 Å². The Labute approximate surface area is 198 Å². The zero-order valence-electron chi connectivity index (χ0n) is 18.9. The molecule has 2 heterocycles. The van der Waals surface area contributed by atoms with E-state index in [9.17, 15) is 9.59 Å². The van der Waals surface area contributed by atoms with Crippen LogP contribution in [0, 0.1) is 11.3 Å². The molecule has 1 amide bonds. The van der Waals surface area contributed by atoms with Crippen LogP contribution < -0.4 is 9.64 Å². The fourth-order valence-electron chi connectivity index (χ4n) is 6.08. The van der Waals surface area contributed by atoms with Crippen LogP contribution in [0.15, 0.2) is 97.1 Å². The topological polar surface area (TPSA) is 55.8 Å².